The smallest absolute Gasteiger partial charge is 0.233 e. The first kappa shape index (κ1) is 24.1. The third-order valence-corrected chi connectivity index (χ3v) is 4.36. The third kappa shape index (κ3) is 9.09. The van der Waals surface area contributed by atoms with E-state index in [1.54, 1.807) is 18.2 Å². The van der Waals surface area contributed by atoms with Crippen LogP contribution >= 0.6 is 11.6 Å². The van der Waals surface area contributed by atoms with Crippen LogP contribution in [0.15, 0.2) is 49.1 Å². The Morgan fingerprint density at radius 2 is 2.00 bits per heavy atom. The van der Waals surface area contributed by atoms with Crippen LogP contribution in [0.5, 0.6) is 11.6 Å². The number of para-hydroxylation sites is 1. The minimum atomic E-state index is -0.676. The van der Waals surface area contributed by atoms with Crippen LogP contribution in [0, 0.1) is 0 Å². The number of ether oxygens (including phenoxy) is 3. The lowest BCUT2D eigenvalue weighted by Gasteiger charge is -2.27. The van der Waals surface area contributed by atoms with Crippen LogP contribution < -0.4 is 14.8 Å². The second kappa shape index (κ2) is 12.5. The van der Waals surface area contributed by atoms with E-state index >= 15 is 0 Å². The fourth-order valence-corrected chi connectivity index (χ4v) is 2.63. The number of nitrogens with one attached hydrogen (secondary N) is 1. The summed E-state index contributed by atoms with van der Waals surface area (Å²) in [5, 5.41) is 21.5. The molecule has 1 unspecified atom stereocenters. The molecule has 2 rings (SSSR count). The molecule has 8 heteroatoms. The van der Waals surface area contributed by atoms with Gasteiger partial charge in [0.25, 0.3) is 0 Å². The van der Waals surface area contributed by atoms with Crippen molar-refractivity contribution in [2.24, 2.45) is 0 Å². The van der Waals surface area contributed by atoms with Crippen LogP contribution in [-0.2, 0) is 11.2 Å². The van der Waals surface area contributed by atoms with Gasteiger partial charge in [0, 0.05) is 18.2 Å². The SMILES string of the molecule is C=CCOCCc1ccccc1OCC(O)CNC(C)(C)COc1ccc(Cl)nn1. The standard InChI is InChI=1S/C22H30ClN3O4/c1-4-12-28-13-11-17-7-5-6-8-19(17)29-15-18(27)14-24-22(2,3)16-30-21-10-9-20(23)25-26-21/h4-10,18,24,27H,1,11-16H2,2-3H3. The predicted octanol–water partition coefficient (Wildman–Crippen LogP) is 3.06. The molecule has 7 nitrogen and oxygen atoms in total. The molecule has 1 aromatic heterocycles. The lowest BCUT2D eigenvalue weighted by atomic mass is 10.1. The zero-order chi connectivity index (χ0) is 21.8. The molecule has 0 fully saturated rings. The Kier molecular flexibility index (Phi) is 10.0. The fourth-order valence-electron chi connectivity index (χ4n) is 2.53. The molecule has 1 aromatic carbocycles. The molecule has 164 valence electrons. The van der Waals surface area contributed by atoms with Gasteiger partial charge in [-0.3, -0.25) is 0 Å². The summed E-state index contributed by atoms with van der Waals surface area (Å²) < 4.78 is 16.9. The Balaban J connectivity index is 1.74. The molecule has 30 heavy (non-hydrogen) atoms. The summed E-state index contributed by atoms with van der Waals surface area (Å²) in [7, 11) is 0. The number of halogens is 1. The van der Waals surface area contributed by atoms with Crippen LogP contribution in [-0.4, -0.2) is 59.9 Å². The predicted molar refractivity (Wildman–Crippen MR) is 117 cm³/mol. The van der Waals surface area contributed by atoms with E-state index in [1.165, 1.54) is 0 Å². The molecule has 0 aliphatic rings. The molecule has 0 spiro atoms. The molecule has 0 saturated heterocycles. The molecule has 0 bridgehead atoms. The maximum Gasteiger partial charge on any atom is 0.233 e. The van der Waals surface area contributed by atoms with E-state index in [0.29, 0.717) is 37.4 Å². The molecule has 0 radical (unpaired) electrons. The molecule has 2 N–H and O–H groups in total. The second-order valence-electron chi connectivity index (χ2n) is 7.43. The van der Waals surface area contributed by atoms with Crippen molar-refractivity contribution in [1.82, 2.24) is 15.5 Å². The van der Waals surface area contributed by atoms with E-state index in [0.717, 1.165) is 17.7 Å². The zero-order valence-corrected chi connectivity index (χ0v) is 18.3. The summed E-state index contributed by atoms with van der Waals surface area (Å²) in [6.45, 7) is 9.58. The van der Waals surface area contributed by atoms with Gasteiger partial charge < -0.3 is 24.6 Å². The van der Waals surface area contributed by atoms with Crippen molar-refractivity contribution in [3.05, 3.63) is 59.8 Å². The van der Waals surface area contributed by atoms with Crippen LogP contribution in [0.2, 0.25) is 5.15 Å². The summed E-state index contributed by atoms with van der Waals surface area (Å²) in [5.41, 5.74) is 0.655. The molecule has 1 heterocycles. The first-order chi connectivity index (χ1) is 14.4. The summed E-state index contributed by atoms with van der Waals surface area (Å²) in [4.78, 5) is 0. The minimum absolute atomic E-state index is 0.178. The first-order valence-corrected chi connectivity index (χ1v) is 10.2. The van der Waals surface area contributed by atoms with Gasteiger partial charge in [0.05, 0.1) is 13.2 Å². The second-order valence-corrected chi connectivity index (χ2v) is 7.82. The van der Waals surface area contributed by atoms with Crippen LogP contribution in [0.3, 0.4) is 0 Å². The van der Waals surface area contributed by atoms with Crippen molar-refractivity contribution < 1.29 is 19.3 Å². The first-order valence-electron chi connectivity index (χ1n) is 9.84. The number of aromatic nitrogens is 2. The Morgan fingerprint density at radius 1 is 1.20 bits per heavy atom. The van der Waals surface area contributed by atoms with Gasteiger partial charge in [-0.1, -0.05) is 35.9 Å². The van der Waals surface area contributed by atoms with E-state index in [4.69, 9.17) is 25.8 Å². The van der Waals surface area contributed by atoms with E-state index in [9.17, 15) is 5.11 Å². The number of hydrogen-bond acceptors (Lipinski definition) is 7. The average Bonchev–Trinajstić information content (AvgIpc) is 2.74. The van der Waals surface area contributed by atoms with Crippen LogP contribution in [0.25, 0.3) is 0 Å². The number of hydrogen-bond donors (Lipinski definition) is 2. The van der Waals surface area contributed by atoms with Gasteiger partial charge in [-0.05, 0) is 38.0 Å². The highest BCUT2D eigenvalue weighted by Gasteiger charge is 2.20. The molecule has 0 amide bonds. The maximum atomic E-state index is 10.3. The van der Waals surface area contributed by atoms with Gasteiger partial charge >= 0.3 is 0 Å². The number of nitrogens with zero attached hydrogens (tertiary/aromatic N) is 2. The highest BCUT2D eigenvalue weighted by molar-refractivity contribution is 6.29. The molecular formula is C22H30ClN3O4. The lowest BCUT2D eigenvalue weighted by Crippen LogP contribution is -2.48. The molecule has 0 saturated carbocycles. The van der Waals surface area contributed by atoms with Crippen LogP contribution in [0.4, 0.5) is 0 Å². The number of rotatable bonds is 14. The summed E-state index contributed by atoms with van der Waals surface area (Å²) >= 11 is 5.72. The van der Waals surface area contributed by atoms with E-state index in [1.807, 2.05) is 38.1 Å². The normalized spacial score (nSPS) is 12.4. The minimum Gasteiger partial charge on any atom is -0.491 e. The number of β-amino-alcohol motifs (C(OH)–C–C–N with tert-alkyl or cyclic N) is 1. The molecule has 0 aliphatic heterocycles. The zero-order valence-electron chi connectivity index (χ0n) is 17.5. The Labute approximate surface area is 183 Å². The average molecular weight is 436 g/mol. The van der Waals surface area contributed by atoms with Gasteiger partial charge in [-0.25, -0.2) is 0 Å². The van der Waals surface area contributed by atoms with Crippen molar-refractivity contribution in [3.8, 4) is 11.6 Å². The fraction of sp³-hybridized carbons (Fsp3) is 0.455. The van der Waals surface area contributed by atoms with E-state index in [-0.39, 0.29) is 12.1 Å². The van der Waals surface area contributed by atoms with Gasteiger partial charge in [-0.15, -0.1) is 16.8 Å². The summed E-state index contributed by atoms with van der Waals surface area (Å²) in [6.07, 6.45) is 1.78. The van der Waals surface area contributed by atoms with Crippen molar-refractivity contribution in [3.63, 3.8) is 0 Å². The molecular weight excluding hydrogens is 406 g/mol. The summed E-state index contributed by atoms with van der Waals surface area (Å²) in [5.74, 6) is 1.15. The maximum absolute atomic E-state index is 10.3. The topological polar surface area (TPSA) is 85.7 Å². The third-order valence-electron chi connectivity index (χ3n) is 4.16. The van der Waals surface area contributed by atoms with E-state index < -0.39 is 6.10 Å². The van der Waals surface area contributed by atoms with Crippen molar-refractivity contribution in [1.29, 1.82) is 0 Å². The quantitative estimate of drug-likeness (QED) is 0.348. The van der Waals surface area contributed by atoms with Gasteiger partial charge in [0.1, 0.15) is 25.1 Å². The van der Waals surface area contributed by atoms with Crippen molar-refractivity contribution in [2.45, 2.75) is 31.9 Å². The van der Waals surface area contributed by atoms with Gasteiger partial charge in [0.15, 0.2) is 5.15 Å². The largest absolute Gasteiger partial charge is 0.491 e. The highest BCUT2D eigenvalue weighted by atomic mass is 35.5. The summed E-state index contributed by atoms with van der Waals surface area (Å²) in [6, 6.07) is 11.0. The Morgan fingerprint density at radius 3 is 2.73 bits per heavy atom. The van der Waals surface area contributed by atoms with Gasteiger partial charge in [-0.2, -0.15) is 0 Å². The van der Waals surface area contributed by atoms with Crippen molar-refractivity contribution >= 4 is 11.6 Å². The Hall–Kier alpha value is -2.19. The lowest BCUT2D eigenvalue weighted by molar-refractivity contribution is 0.0915. The number of aliphatic hydroxyl groups excluding tert-OH is 1. The van der Waals surface area contributed by atoms with Gasteiger partial charge in [0.2, 0.25) is 5.88 Å². The van der Waals surface area contributed by atoms with E-state index in [2.05, 4.69) is 22.1 Å². The number of benzene rings is 1. The molecule has 2 aromatic rings. The van der Waals surface area contributed by atoms with Crippen LogP contribution in [0.1, 0.15) is 19.4 Å². The number of aliphatic hydroxyl groups is 1. The molecule has 0 aliphatic carbocycles. The highest BCUT2D eigenvalue weighted by Crippen LogP contribution is 2.19. The molecule has 1 atom stereocenters. The Bertz CT molecular complexity index is 771. The monoisotopic (exact) mass is 435 g/mol. The van der Waals surface area contributed by atoms with Crippen molar-refractivity contribution in [2.75, 3.05) is 33.0 Å².